The lowest BCUT2D eigenvalue weighted by atomic mass is 10.1. The van der Waals surface area contributed by atoms with Crippen molar-refractivity contribution in [2.45, 2.75) is 0 Å². The summed E-state index contributed by atoms with van der Waals surface area (Å²) < 4.78 is 4.91. The first kappa shape index (κ1) is 15.2. The number of pyridine rings is 1. The van der Waals surface area contributed by atoms with Gasteiger partial charge in [0, 0.05) is 18.0 Å². The zero-order chi connectivity index (χ0) is 16.1. The van der Waals surface area contributed by atoms with Crippen molar-refractivity contribution in [2.24, 2.45) is 0 Å². The fourth-order valence-corrected chi connectivity index (χ4v) is 1.80. The van der Waals surface area contributed by atoms with Crippen LogP contribution in [0, 0.1) is 10.1 Å². The second-order valence-electron chi connectivity index (χ2n) is 4.28. The number of ketones is 1. The summed E-state index contributed by atoms with van der Waals surface area (Å²) in [5.74, 6) is -0.599. The first-order valence-corrected chi connectivity index (χ1v) is 6.20. The predicted molar refractivity (Wildman–Crippen MR) is 78.9 cm³/mol. The summed E-state index contributed by atoms with van der Waals surface area (Å²) in [6.45, 7) is 0. The van der Waals surface area contributed by atoms with E-state index in [1.165, 1.54) is 37.7 Å². The summed E-state index contributed by atoms with van der Waals surface area (Å²) in [4.78, 5) is 26.1. The summed E-state index contributed by atoms with van der Waals surface area (Å²) in [6, 6.07) is 5.48. The molecule has 0 aliphatic heterocycles. The van der Waals surface area contributed by atoms with Crippen molar-refractivity contribution in [1.82, 2.24) is 4.98 Å². The number of carbonyl (C=O) groups excluding carboxylic acids is 1. The number of rotatable bonds is 5. The Kier molecular flexibility index (Phi) is 4.47. The minimum absolute atomic E-state index is 0.0825. The van der Waals surface area contributed by atoms with Gasteiger partial charge in [-0.05, 0) is 30.4 Å². The fraction of sp³-hybridized carbons (Fsp3) is 0.0667. The summed E-state index contributed by atoms with van der Waals surface area (Å²) in [6.07, 6.45) is 5.44. The SMILES string of the molecule is COc1cc(C=CC(=O)c2cccnc2)c([N+](=O)[O-])cc1O. The second-order valence-corrected chi connectivity index (χ2v) is 4.28. The molecule has 1 N–H and O–H groups in total. The molecular formula is C15H12N2O5. The van der Waals surface area contributed by atoms with Crippen LogP contribution in [0.15, 0.2) is 42.7 Å². The molecule has 0 aliphatic carbocycles. The lowest BCUT2D eigenvalue weighted by Crippen LogP contribution is -1.96. The number of carbonyl (C=O) groups is 1. The molecule has 2 aromatic rings. The molecule has 0 aliphatic rings. The Hall–Kier alpha value is -3.22. The molecule has 0 radical (unpaired) electrons. The van der Waals surface area contributed by atoms with Gasteiger partial charge in [0.05, 0.1) is 23.7 Å². The molecule has 1 aromatic heterocycles. The van der Waals surface area contributed by atoms with Crippen LogP contribution in [0.4, 0.5) is 5.69 Å². The van der Waals surface area contributed by atoms with E-state index in [0.717, 1.165) is 6.07 Å². The summed E-state index contributed by atoms with van der Waals surface area (Å²) in [5.41, 5.74) is 0.192. The van der Waals surface area contributed by atoms with Crippen LogP contribution in [0.2, 0.25) is 0 Å². The maximum atomic E-state index is 11.9. The Morgan fingerprint density at radius 1 is 1.45 bits per heavy atom. The van der Waals surface area contributed by atoms with Crippen molar-refractivity contribution >= 4 is 17.5 Å². The van der Waals surface area contributed by atoms with Crippen molar-refractivity contribution in [1.29, 1.82) is 0 Å². The monoisotopic (exact) mass is 300 g/mol. The smallest absolute Gasteiger partial charge is 0.280 e. The molecule has 0 fully saturated rings. The molecule has 7 nitrogen and oxygen atoms in total. The van der Waals surface area contributed by atoms with Crippen molar-refractivity contribution in [3.63, 3.8) is 0 Å². The van der Waals surface area contributed by atoms with Gasteiger partial charge in [0.15, 0.2) is 17.3 Å². The number of aromatic hydroxyl groups is 1. The molecule has 7 heteroatoms. The van der Waals surface area contributed by atoms with Crippen LogP contribution < -0.4 is 4.74 Å². The maximum absolute atomic E-state index is 11.9. The lowest BCUT2D eigenvalue weighted by molar-refractivity contribution is -0.385. The van der Waals surface area contributed by atoms with Crippen LogP contribution in [0.25, 0.3) is 6.08 Å². The van der Waals surface area contributed by atoms with Gasteiger partial charge in [0.2, 0.25) is 0 Å². The molecule has 0 spiro atoms. The highest BCUT2D eigenvalue weighted by Gasteiger charge is 2.17. The quantitative estimate of drug-likeness (QED) is 0.394. The van der Waals surface area contributed by atoms with Crippen LogP contribution in [0.5, 0.6) is 11.5 Å². The van der Waals surface area contributed by atoms with E-state index in [4.69, 9.17) is 4.74 Å². The van der Waals surface area contributed by atoms with Crippen LogP contribution >= 0.6 is 0 Å². The third-order valence-electron chi connectivity index (χ3n) is 2.89. The van der Waals surface area contributed by atoms with Crippen molar-refractivity contribution in [3.8, 4) is 11.5 Å². The number of methoxy groups -OCH3 is 1. The van der Waals surface area contributed by atoms with Crippen molar-refractivity contribution in [2.75, 3.05) is 7.11 Å². The zero-order valence-corrected chi connectivity index (χ0v) is 11.6. The number of aromatic nitrogens is 1. The van der Waals surface area contributed by atoms with Gasteiger partial charge in [-0.2, -0.15) is 0 Å². The van der Waals surface area contributed by atoms with Crippen LogP contribution in [0.3, 0.4) is 0 Å². The van der Waals surface area contributed by atoms with Crippen molar-refractivity contribution < 1.29 is 19.6 Å². The molecule has 22 heavy (non-hydrogen) atoms. The number of hydrogen-bond donors (Lipinski definition) is 1. The van der Waals surface area contributed by atoms with Crippen LogP contribution in [-0.2, 0) is 0 Å². The maximum Gasteiger partial charge on any atom is 0.280 e. The van der Waals surface area contributed by atoms with E-state index in [1.807, 2.05) is 0 Å². The van der Waals surface area contributed by atoms with Gasteiger partial charge < -0.3 is 9.84 Å². The number of allylic oxidation sites excluding steroid dienone is 1. The van der Waals surface area contributed by atoms with E-state index in [0.29, 0.717) is 5.56 Å². The molecule has 0 unspecified atom stereocenters. The van der Waals surface area contributed by atoms with Gasteiger partial charge in [-0.15, -0.1) is 0 Å². The third kappa shape index (κ3) is 3.26. The Morgan fingerprint density at radius 2 is 2.23 bits per heavy atom. The number of nitro groups is 1. The highest BCUT2D eigenvalue weighted by Crippen LogP contribution is 2.34. The zero-order valence-electron chi connectivity index (χ0n) is 11.6. The topological polar surface area (TPSA) is 103 Å². The summed E-state index contributed by atoms with van der Waals surface area (Å²) in [7, 11) is 1.33. The first-order chi connectivity index (χ1) is 10.5. The van der Waals surface area contributed by atoms with E-state index >= 15 is 0 Å². The van der Waals surface area contributed by atoms with E-state index in [2.05, 4.69) is 4.98 Å². The molecule has 0 amide bonds. The number of nitro benzene ring substituents is 1. The van der Waals surface area contributed by atoms with Gasteiger partial charge >= 0.3 is 0 Å². The van der Waals surface area contributed by atoms with Crippen LogP contribution in [0.1, 0.15) is 15.9 Å². The first-order valence-electron chi connectivity index (χ1n) is 6.20. The average molecular weight is 300 g/mol. The molecule has 112 valence electrons. The van der Waals surface area contributed by atoms with Crippen molar-refractivity contribution in [3.05, 3.63) is 64.0 Å². The predicted octanol–water partition coefficient (Wildman–Crippen LogP) is 2.60. The Bertz CT molecular complexity index is 741. The molecular weight excluding hydrogens is 288 g/mol. The van der Waals surface area contributed by atoms with E-state index in [9.17, 15) is 20.0 Å². The highest BCUT2D eigenvalue weighted by molar-refractivity contribution is 6.06. The minimum Gasteiger partial charge on any atom is -0.504 e. The van der Waals surface area contributed by atoms with E-state index in [1.54, 1.807) is 12.1 Å². The number of phenols is 1. The Balaban J connectivity index is 2.37. The van der Waals surface area contributed by atoms with Crippen LogP contribution in [-0.4, -0.2) is 27.9 Å². The van der Waals surface area contributed by atoms with Gasteiger partial charge in [0.1, 0.15) is 0 Å². The fourth-order valence-electron chi connectivity index (χ4n) is 1.80. The number of ether oxygens (including phenoxy) is 1. The molecule has 0 saturated heterocycles. The normalized spacial score (nSPS) is 10.6. The highest BCUT2D eigenvalue weighted by atomic mass is 16.6. The lowest BCUT2D eigenvalue weighted by Gasteiger charge is -2.05. The second kappa shape index (κ2) is 6.49. The molecule has 0 bridgehead atoms. The molecule has 1 heterocycles. The number of phenolic OH excluding ortho intramolecular Hbond substituents is 1. The average Bonchev–Trinajstić information content (AvgIpc) is 2.53. The largest absolute Gasteiger partial charge is 0.504 e. The Labute approximate surface area is 125 Å². The molecule has 0 atom stereocenters. The summed E-state index contributed by atoms with van der Waals surface area (Å²) >= 11 is 0. The van der Waals surface area contributed by atoms with E-state index in [-0.39, 0.29) is 28.5 Å². The standard InChI is InChI=1S/C15H12N2O5/c1-22-15-7-10(12(17(20)21)8-14(15)19)4-5-13(18)11-3-2-6-16-9-11/h2-9,19H,1H3. The molecule has 2 rings (SSSR count). The Morgan fingerprint density at radius 3 is 2.82 bits per heavy atom. The van der Waals surface area contributed by atoms with E-state index < -0.39 is 4.92 Å². The van der Waals surface area contributed by atoms with Gasteiger partial charge in [-0.1, -0.05) is 0 Å². The third-order valence-corrected chi connectivity index (χ3v) is 2.89. The molecule has 0 saturated carbocycles. The number of hydrogen-bond acceptors (Lipinski definition) is 6. The molecule has 1 aromatic carbocycles. The summed E-state index contributed by atoms with van der Waals surface area (Å²) in [5, 5.41) is 20.6. The van der Waals surface area contributed by atoms with Gasteiger partial charge in [-0.3, -0.25) is 19.9 Å². The number of nitrogens with zero attached hydrogens (tertiary/aromatic N) is 2. The van der Waals surface area contributed by atoms with Gasteiger partial charge in [0.25, 0.3) is 5.69 Å². The van der Waals surface area contributed by atoms with Gasteiger partial charge in [-0.25, -0.2) is 0 Å². The minimum atomic E-state index is -0.645. The number of benzene rings is 1.